The number of carbonyl (C=O) groups excluding carboxylic acids is 1. The van der Waals surface area contributed by atoms with Crippen LogP contribution in [0, 0.1) is 17.8 Å². The van der Waals surface area contributed by atoms with E-state index in [0.717, 1.165) is 18.4 Å². The SMILES string of the molecule is CC[C@H](C)[C@H]1O[C@]2(CC[C@@H]1C)C[C@@H]1C[C@@H](C/C=C(\C)[C@@H](O)[C@@H](C)/C=C/C=C3\CO[C@@H]4[C@H](O)[C@](C)(O)C=C(C(=O)O1)[C@]34O)O2. The van der Waals surface area contributed by atoms with Gasteiger partial charge < -0.3 is 39.4 Å². The number of ether oxygens (including phenoxy) is 4. The molecular formula is C34H50O9. The maximum absolute atomic E-state index is 14.0. The van der Waals surface area contributed by atoms with Crippen molar-refractivity contribution in [2.45, 2.75) is 134 Å². The fourth-order valence-corrected chi connectivity index (χ4v) is 7.48. The molecule has 2 bridgehead atoms. The predicted octanol–water partition coefficient (Wildman–Crippen LogP) is 3.65. The highest BCUT2D eigenvalue weighted by atomic mass is 16.7. The van der Waals surface area contributed by atoms with Crippen LogP contribution in [-0.2, 0) is 23.7 Å². The van der Waals surface area contributed by atoms with E-state index in [-0.39, 0.29) is 30.3 Å². The lowest BCUT2D eigenvalue weighted by molar-refractivity contribution is -0.340. The number of aliphatic hydroxyl groups excluding tert-OH is 2. The number of rotatable bonds is 2. The molecule has 5 rings (SSSR count). The summed E-state index contributed by atoms with van der Waals surface area (Å²) in [5.41, 5.74) is -2.82. The lowest BCUT2D eigenvalue weighted by Crippen LogP contribution is -2.61. The Morgan fingerprint density at radius 3 is 2.60 bits per heavy atom. The zero-order valence-electron chi connectivity index (χ0n) is 26.4. The molecule has 4 aliphatic heterocycles. The number of allylic oxidation sites excluding steroid dienone is 2. The number of esters is 1. The molecule has 1 spiro atoms. The fraction of sp³-hybridized carbons (Fsp3) is 0.735. The Balaban J connectivity index is 1.55. The Bertz CT molecular complexity index is 1180. The van der Waals surface area contributed by atoms with Crippen LogP contribution < -0.4 is 0 Å². The first kappa shape index (κ1) is 32.5. The van der Waals surface area contributed by atoms with Crippen LogP contribution in [0.5, 0.6) is 0 Å². The maximum Gasteiger partial charge on any atom is 0.337 e. The largest absolute Gasteiger partial charge is 0.459 e. The van der Waals surface area contributed by atoms with Crippen LogP contribution in [0.4, 0.5) is 0 Å². The lowest BCUT2D eigenvalue weighted by atomic mass is 9.71. The van der Waals surface area contributed by atoms with Gasteiger partial charge in [-0.05, 0) is 55.7 Å². The molecular weight excluding hydrogens is 552 g/mol. The van der Waals surface area contributed by atoms with Gasteiger partial charge in [-0.15, -0.1) is 0 Å². The van der Waals surface area contributed by atoms with Gasteiger partial charge in [0.2, 0.25) is 0 Å². The zero-order chi connectivity index (χ0) is 31.3. The van der Waals surface area contributed by atoms with Crippen molar-refractivity contribution in [1.82, 2.24) is 0 Å². The molecule has 4 N–H and O–H groups in total. The molecule has 0 saturated carbocycles. The molecule has 1 aliphatic carbocycles. The van der Waals surface area contributed by atoms with Crippen LogP contribution in [0.2, 0.25) is 0 Å². The van der Waals surface area contributed by atoms with E-state index in [2.05, 4.69) is 20.8 Å². The first-order valence-corrected chi connectivity index (χ1v) is 16.0. The van der Waals surface area contributed by atoms with Crippen LogP contribution in [0.1, 0.15) is 80.1 Å². The van der Waals surface area contributed by atoms with Crippen molar-refractivity contribution in [2.24, 2.45) is 17.8 Å². The Hall–Kier alpha value is -1.85. The van der Waals surface area contributed by atoms with E-state index in [1.54, 1.807) is 12.2 Å². The highest BCUT2D eigenvalue weighted by Gasteiger charge is 2.61. The topological polar surface area (TPSA) is 135 Å². The van der Waals surface area contributed by atoms with Gasteiger partial charge in [-0.25, -0.2) is 4.79 Å². The first-order valence-electron chi connectivity index (χ1n) is 16.0. The molecule has 240 valence electrons. The molecule has 0 radical (unpaired) electrons. The smallest absolute Gasteiger partial charge is 0.337 e. The molecule has 0 aromatic carbocycles. The summed E-state index contributed by atoms with van der Waals surface area (Å²) >= 11 is 0. The van der Waals surface area contributed by atoms with Gasteiger partial charge in [-0.3, -0.25) is 0 Å². The number of hydrogen-bond acceptors (Lipinski definition) is 9. The van der Waals surface area contributed by atoms with Crippen LogP contribution in [0.15, 0.2) is 47.1 Å². The number of carbonyl (C=O) groups is 1. The fourth-order valence-electron chi connectivity index (χ4n) is 7.48. The van der Waals surface area contributed by atoms with E-state index in [1.165, 1.54) is 13.0 Å². The number of aliphatic hydroxyl groups is 4. The molecule has 12 atom stereocenters. The summed E-state index contributed by atoms with van der Waals surface area (Å²) in [5, 5.41) is 45.1. The molecule has 3 fully saturated rings. The van der Waals surface area contributed by atoms with Gasteiger partial charge in [0.1, 0.15) is 29.5 Å². The summed E-state index contributed by atoms with van der Waals surface area (Å²) in [4.78, 5) is 14.0. The molecule has 0 unspecified atom stereocenters. The summed E-state index contributed by atoms with van der Waals surface area (Å²) in [6.45, 7) is 11.7. The second-order valence-electron chi connectivity index (χ2n) is 13.9. The molecule has 3 saturated heterocycles. The summed E-state index contributed by atoms with van der Waals surface area (Å²) in [5.74, 6) is -1.25. The van der Waals surface area contributed by atoms with Gasteiger partial charge in [0.05, 0.1) is 30.5 Å². The third kappa shape index (κ3) is 6.07. The van der Waals surface area contributed by atoms with Crippen LogP contribution >= 0.6 is 0 Å². The van der Waals surface area contributed by atoms with Crippen molar-refractivity contribution in [1.29, 1.82) is 0 Å². The summed E-state index contributed by atoms with van der Waals surface area (Å²) in [6, 6.07) is 0. The van der Waals surface area contributed by atoms with Crippen molar-refractivity contribution in [3.05, 3.63) is 47.1 Å². The summed E-state index contributed by atoms with van der Waals surface area (Å²) in [7, 11) is 0. The standard InChI is InChI=1S/C34H50O9/c1-7-19(2)28-22(5)13-14-33(43-28)16-25-15-24(42-33)12-11-21(4)27(35)20(3)9-8-10-23-18-40-30-29(36)32(6,38)17-26(31(37)41-25)34(23,30)39/h8-11,17,19-20,22,24-25,27-30,35-36,38-39H,7,12-16,18H2,1-6H3/b9-8+,21-11+,23-10+/t19-,20-,22-,24+,25-,27-,28+,29-,30+,32+,33+,34+/m0/s1. The Morgan fingerprint density at radius 1 is 1.14 bits per heavy atom. The van der Waals surface area contributed by atoms with Gasteiger partial charge in [-0.2, -0.15) is 0 Å². The van der Waals surface area contributed by atoms with E-state index >= 15 is 0 Å². The van der Waals surface area contributed by atoms with E-state index in [1.807, 2.05) is 26.0 Å². The van der Waals surface area contributed by atoms with Gasteiger partial charge in [-0.1, -0.05) is 58.4 Å². The quantitative estimate of drug-likeness (QED) is 0.276. The monoisotopic (exact) mass is 602 g/mol. The van der Waals surface area contributed by atoms with Gasteiger partial charge in [0, 0.05) is 25.2 Å². The van der Waals surface area contributed by atoms with Crippen LogP contribution in [0.25, 0.3) is 0 Å². The van der Waals surface area contributed by atoms with E-state index < -0.39 is 47.4 Å². The second-order valence-corrected chi connectivity index (χ2v) is 13.9. The highest BCUT2D eigenvalue weighted by molar-refractivity contribution is 5.93. The van der Waals surface area contributed by atoms with Crippen molar-refractivity contribution in [2.75, 3.05) is 6.61 Å². The molecule has 0 amide bonds. The molecule has 9 heteroatoms. The van der Waals surface area contributed by atoms with E-state index in [4.69, 9.17) is 18.9 Å². The highest BCUT2D eigenvalue weighted by Crippen LogP contribution is 2.48. The molecule has 0 aromatic heterocycles. The minimum Gasteiger partial charge on any atom is -0.459 e. The molecule has 0 aromatic rings. The molecule has 5 aliphatic rings. The van der Waals surface area contributed by atoms with Gasteiger partial charge >= 0.3 is 5.97 Å². The minimum atomic E-state index is -2.00. The second kappa shape index (κ2) is 12.2. The molecule has 43 heavy (non-hydrogen) atoms. The van der Waals surface area contributed by atoms with E-state index in [0.29, 0.717) is 43.1 Å². The molecule has 4 heterocycles. The summed E-state index contributed by atoms with van der Waals surface area (Å²) in [6.07, 6.45) is 7.79. The van der Waals surface area contributed by atoms with Crippen molar-refractivity contribution in [3.8, 4) is 0 Å². The Labute approximate surface area is 255 Å². The normalized spacial score (nSPS) is 49.5. The maximum atomic E-state index is 14.0. The van der Waals surface area contributed by atoms with Crippen LogP contribution in [-0.4, -0.2) is 86.6 Å². The Morgan fingerprint density at radius 2 is 1.88 bits per heavy atom. The van der Waals surface area contributed by atoms with Crippen molar-refractivity contribution < 1.29 is 44.2 Å². The lowest BCUT2D eigenvalue weighted by Gasteiger charge is -2.51. The van der Waals surface area contributed by atoms with Gasteiger partial charge in [0.15, 0.2) is 5.79 Å². The van der Waals surface area contributed by atoms with Crippen molar-refractivity contribution >= 4 is 5.97 Å². The molecule has 9 nitrogen and oxygen atoms in total. The van der Waals surface area contributed by atoms with E-state index in [9.17, 15) is 25.2 Å². The average Bonchev–Trinajstić information content (AvgIpc) is 3.30. The third-order valence-electron chi connectivity index (χ3n) is 10.5. The first-order chi connectivity index (χ1) is 20.2. The average molecular weight is 603 g/mol. The summed E-state index contributed by atoms with van der Waals surface area (Å²) < 4.78 is 25.4. The van der Waals surface area contributed by atoms with Crippen molar-refractivity contribution in [3.63, 3.8) is 0 Å². The minimum absolute atomic E-state index is 0.000821. The van der Waals surface area contributed by atoms with Crippen LogP contribution in [0.3, 0.4) is 0 Å². The van der Waals surface area contributed by atoms with Gasteiger partial charge in [0.25, 0.3) is 0 Å². The zero-order valence-corrected chi connectivity index (χ0v) is 26.4. The third-order valence-corrected chi connectivity index (χ3v) is 10.5. The number of fused-ring (bicyclic) bond motifs is 2. The predicted molar refractivity (Wildman–Crippen MR) is 160 cm³/mol. The Kier molecular flexibility index (Phi) is 9.20. The number of hydrogen-bond donors (Lipinski definition) is 4.